The van der Waals surface area contributed by atoms with Gasteiger partial charge in [0.25, 0.3) is 0 Å². The summed E-state index contributed by atoms with van der Waals surface area (Å²) in [5.41, 5.74) is 0.998. The Morgan fingerprint density at radius 2 is 1.65 bits per heavy atom. The molecular weight excluding hydrogens is 221 g/mol. The van der Waals surface area contributed by atoms with E-state index in [-0.39, 0.29) is 5.82 Å². The minimum atomic E-state index is -0.323. The van der Waals surface area contributed by atoms with E-state index in [1.54, 1.807) is 14.2 Å². The second-order valence-electron chi connectivity index (χ2n) is 4.25. The van der Waals surface area contributed by atoms with Crippen LogP contribution in [0.5, 0.6) is 11.5 Å². The lowest BCUT2D eigenvalue weighted by Gasteiger charge is -2.26. The summed E-state index contributed by atoms with van der Waals surface area (Å²) < 4.78 is 23.9. The van der Waals surface area contributed by atoms with Crippen LogP contribution in [-0.2, 0) is 0 Å². The highest BCUT2D eigenvalue weighted by molar-refractivity contribution is 5.48. The van der Waals surface area contributed by atoms with Crippen LogP contribution in [0, 0.1) is 5.82 Å². The number of nitrogens with one attached hydrogen (secondary N) is 1. The SMILES string of the molecule is COc1cc(F)cc(OC)c1C1CCNCC1. The largest absolute Gasteiger partial charge is 0.496 e. The van der Waals surface area contributed by atoms with Crippen molar-refractivity contribution >= 4 is 0 Å². The van der Waals surface area contributed by atoms with E-state index in [9.17, 15) is 4.39 Å². The number of methoxy groups -OCH3 is 2. The maximum atomic E-state index is 13.4. The third-order valence-electron chi connectivity index (χ3n) is 3.26. The fraction of sp³-hybridized carbons (Fsp3) is 0.538. The van der Waals surface area contributed by atoms with E-state index in [4.69, 9.17) is 9.47 Å². The molecule has 1 fully saturated rings. The lowest BCUT2D eigenvalue weighted by molar-refractivity contribution is 0.359. The van der Waals surface area contributed by atoms with Crippen LogP contribution in [0.4, 0.5) is 4.39 Å². The van der Waals surface area contributed by atoms with Gasteiger partial charge < -0.3 is 14.8 Å². The molecule has 0 amide bonds. The van der Waals surface area contributed by atoms with Crippen LogP contribution in [0.15, 0.2) is 12.1 Å². The fourth-order valence-corrected chi connectivity index (χ4v) is 2.42. The molecule has 0 atom stereocenters. The lowest BCUT2D eigenvalue weighted by atomic mass is 9.89. The molecule has 1 aliphatic rings. The van der Waals surface area contributed by atoms with Crippen molar-refractivity contribution in [3.05, 3.63) is 23.5 Å². The number of benzene rings is 1. The van der Waals surface area contributed by atoms with E-state index >= 15 is 0 Å². The first kappa shape index (κ1) is 12.2. The number of halogens is 1. The molecule has 0 saturated carbocycles. The molecule has 0 unspecified atom stereocenters. The number of piperidine rings is 1. The van der Waals surface area contributed by atoms with Gasteiger partial charge in [-0.3, -0.25) is 0 Å². The highest BCUT2D eigenvalue weighted by atomic mass is 19.1. The third kappa shape index (κ3) is 2.52. The molecule has 94 valence electrons. The van der Waals surface area contributed by atoms with Crippen molar-refractivity contribution in [2.45, 2.75) is 18.8 Å². The van der Waals surface area contributed by atoms with E-state index in [2.05, 4.69) is 5.32 Å². The third-order valence-corrected chi connectivity index (χ3v) is 3.26. The van der Waals surface area contributed by atoms with Crippen molar-refractivity contribution < 1.29 is 13.9 Å². The molecule has 0 aromatic heterocycles. The average molecular weight is 239 g/mol. The fourth-order valence-electron chi connectivity index (χ4n) is 2.42. The van der Waals surface area contributed by atoms with Crippen LogP contribution >= 0.6 is 0 Å². The molecule has 1 heterocycles. The molecule has 2 rings (SSSR count). The van der Waals surface area contributed by atoms with Crippen LogP contribution < -0.4 is 14.8 Å². The van der Waals surface area contributed by atoms with Crippen molar-refractivity contribution in [3.8, 4) is 11.5 Å². The van der Waals surface area contributed by atoms with E-state index in [1.807, 2.05) is 0 Å². The monoisotopic (exact) mass is 239 g/mol. The minimum Gasteiger partial charge on any atom is -0.496 e. The van der Waals surface area contributed by atoms with Crippen LogP contribution in [-0.4, -0.2) is 27.3 Å². The first-order chi connectivity index (χ1) is 8.26. The van der Waals surface area contributed by atoms with E-state index < -0.39 is 0 Å². The Labute approximate surface area is 101 Å². The zero-order chi connectivity index (χ0) is 12.3. The van der Waals surface area contributed by atoms with Crippen molar-refractivity contribution in [2.75, 3.05) is 27.3 Å². The highest BCUT2D eigenvalue weighted by Gasteiger charge is 2.23. The van der Waals surface area contributed by atoms with Gasteiger partial charge in [-0.2, -0.15) is 0 Å². The Kier molecular flexibility index (Phi) is 3.84. The average Bonchev–Trinajstić information content (AvgIpc) is 2.38. The van der Waals surface area contributed by atoms with Gasteiger partial charge in [-0.1, -0.05) is 0 Å². The predicted molar refractivity (Wildman–Crippen MR) is 64.3 cm³/mol. The summed E-state index contributed by atoms with van der Waals surface area (Å²) in [6.07, 6.45) is 2.05. The molecule has 1 aromatic carbocycles. The number of rotatable bonds is 3. The second kappa shape index (κ2) is 5.36. The maximum Gasteiger partial charge on any atom is 0.130 e. The molecule has 1 aromatic rings. The summed E-state index contributed by atoms with van der Waals surface area (Å²) in [5, 5.41) is 3.32. The van der Waals surface area contributed by atoms with Gasteiger partial charge >= 0.3 is 0 Å². The number of hydrogen-bond donors (Lipinski definition) is 1. The van der Waals surface area contributed by atoms with Crippen molar-refractivity contribution in [1.82, 2.24) is 5.32 Å². The second-order valence-corrected chi connectivity index (χ2v) is 4.25. The smallest absolute Gasteiger partial charge is 0.130 e. The first-order valence-electron chi connectivity index (χ1n) is 5.88. The van der Waals surface area contributed by atoms with Crippen molar-refractivity contribution in [2.24, 2.45) is 0 Å². The zero-order valence-electron chi connectivity index (χ0n) is 10.3. The summed E-state index contributed by atoms with van der Waals surface area (Å²) >= 11 is 0. The highest BCUT2D eigenvalue weighted by Crippen LogP contribution is 2.40. The molecular formula is C13H18FNO2. The zero-order valence-corrected chi connectivity index (χ0v) is 10.3. The summed E-state index contributed by atoms with van der Waals surface area (Å²) in [5.74, 6) is 1.24. The van der Waals surface area contributed by atoms with Gasteiger partial charge in [-0.05, 0) is 31.8 Å². The van der Waals surface area contributed by atoms with Crippen molar-refractivity contribution in [3.63, 3.8) is 0 Å². The van der Waals surface area contributed by atoms with Gasteiger partial charge in [0.2, 0.25) is 0 Å². The molecule has 1 N–H and O–H groups in total. The Bertz CT molecular complexity index is 364. The van der Waals surface area contributed by atoms with E-state index in [0.29, 0.717) is 17.4 Å². The molecule has 0 bridgehead atoms. The van der Waals surface area contributed by atoms with E-state index in [1.165, 1.54) is 12.1 Å². The maximum absolute atomic E-state index is 13.4. The molecule has 1 saturated heterocycles. The molecule has 3 nitrogen and oxygen atoms in total. The van der Waals surface area contributed by atoms with Gasteiger partial charge in [-0.25, -0.2) is 4.39 Å². The van der Waals surface area contributed by atoms with E-state index in [0.717, 1.165) is 31.5 Å². The molecule has 1 aliphatic heterocycles. The Morgan fingerprint density at radius 1 is 1.12 bits per heavy atom. The van der Waals surface area contributed by atoms with Gasteiger partial charge in [0, 0.05) is 17.7 Å². The van der Waals surface area contributed by atoms with Crippen molar-refractivity contribution in [1.29, 1.82) is 0 Å². The summed E-state index contributed by atoms with van der Waals surface area (Å²) in [6, 6.07) is 2.86. The quantitative estimate of drug-likeness (QED) is 0.878. The first-order valence-corrected chi connectivity index (χ1v) is 5.88. The van der Waals surface area contributed by atoms with Crippen LogP contribution in [0.25, 0.3) is 0 Å². The molecule has 0 aliphatic carbocycles. The van der Waals surface area contributed by atoms with Gasteiger partial charge in [-0.15, -0.1) is 0 Å². The normalized spacial score (nSPS) is 16.9. The van der Waals surface area contributed by atoms with Gasteiger partial charge in [0.1, 0.15) is 17.3 Å². The van der Waals surface area contributed by atoms with Gasteiger partial charge in [0.05, 0.1) is 14.2 Å². The Balaban J connectivity index is 2.41. The van der Waals surface area contributed by atoms with Gasteiger partial charge in [0.15, 0.2) is 0 Å². The topological polar surface area (TPSA) is 30.5 Å². The van der Waals surface area contributed by atoms with Crippen LogP contribution in [0.1, 0.15) is 24.3 Å². The number of hydrogen-bond acceptors (Lipinski definition) is 3. The summed E-state index contributed by atoms with van der Waals surface area (Å²) in [7, 11) is 3.14. The molecule has 17 heavy (non-hydrogen) atoms. The summed E-state index contributed by atoms with van der Waals surface area (Å²) in [6.45, 7) is 1.96. The predicted octanol–water partition coefficient (Wildman–Crippen LogP) is 2.31. The van der Waals surface area contributed by atoms with Crippen LogP contribution in [0.3, 0.4) is 0 Å². The molecule has 4 heteroatoms. The lowest BCUT2D eigenvalue weighted by Crippen LogP contribution is -2.27. The summed E-state index contributed by atoms with van der Waals surface area (Å²) in [4.78, 5) is 0. The minimum absolute atomic E-state index is 0.323. The Morgan fingerprint density at radius 3 is 2.12 bits per heavy atom. The molecule has 0 spiro atoms. The Hall–Kier alpha value is -1.29. The standard InChI is InChI=1S/C13H18FNO2/c1-16-11-7-10(14)8-12(17-2)13(11)9-3-5-15-6-4-9/h7-9,15H,3-6H2,1-2H3. The number of ether oxygens (including phenoxy) is 2. The molecule has 0 radical (unpaired) electrons. The van der Waals surface area contributed by atoms with Crippen LogP contribution in [0.2, 0.25) is 0 Å².